The van der Waals surface area contributed by atoms with Crippen molar-refractivity contribution < 1.29 is 4.79 Å². The summed E-state index contributed by atoms with van der Waals surface area (Å²) in [6, 6.07) is 9.82. The van der Waals surface area contributed by atoms with Gasteiger partial charge in [0, 0.05) is 31.1 Å². The second kappa shape index (κ2) is 8.46. The largest absolute Gasteiger partial charge is 0.353 e. The fourth-order valence-electron chi connectivity index (χ4n) is 3.50. The van der Waals surface area contributed by atoms with Crippen LogP contribution in [0.3, 0.4) is 0 Å². The maximum atomic E-state index is 12.8. The Bertz CT molecular complexity index is 968. The Morgan fingerprint density at radius 1 is 1.18 bits per heavy atom. The number of nitrogens with one attached hydrogen (secondary N) is 1. The summed E-state index contributed by atoms with van der Waals surface area (Å²) in [7, 11) is 0. The van der Waals surface area contributed by atoms with Gasteiger partial charge in [-0.05, 0) is 36.8 Å². The number of benzene rings is 1. The van der Waals surface area contributed by atoms with Gasteiger partial charge in [0.1, 0.15) is 17.0 Å². The van der Waals surface area contributed by atoms with Crippen LogP contribution in [0.1, 0.15) is 6.92 Å². The fraction of sp³-hybridized carbons (Fsp3) is 0.350. The van der Waals surface area contributed by atoms with Crippen molar-refractivity contribution >= 4 is 50.7 Å². The molecule has 0 spiro atoms. The molecular formula is C20H23N5OS2. The molecule has 0 radical (unpaired) electrons. The van der Waals surface area contributed by atoms with Crippen LogP contribution in [0.2, 0.25) is 0 Å². The van der Waals surface area contributed by atoms with Crippen LogP contribution in [0, 0.1) is 0 Å². The normalized spacial score (nSPS) is 16.3. The summed E-state index contributed by atoms with van der Waals surface area (Å²) >= 11 is 3.27. The minimum Gasteiger partial charge on any atom is -0.353 e. The molecule has 1 aromatic carbocycles. The third-order valence-corrected chi connectivity index (χ3v) is 6.76. The molecule has 0 bridgehead atoms. The molecule has 4 rings (SSSR count). The van der Waals surface area contributed by atoms with E-state index in [1.54, 1.807) is 29.4 Å². The Hall–Kier alpha value is -2.16. The van der Waals surface area contributed by atoms with E-state index in [9.17, 15) is 4.79 Å². The molecule has 3 aromatic rings. The van der Waals surface area contributed by atoms with E-state index in [2.05, 4.69) is 36.5 Å². The van der Waals surface area contributed by atoms with Gasteiger partial charge in [-0.15, -0.1) is 23.1 Å². The van der Waals surface area contributed by atoms with Gasteiger partial charge in [-0.25, -0.2) is 9.97 Å². The standard InChI is InChI=1S/C20H23N5OS2/c1-14(19(26)23-16-5-3-4-6-17(16)27-2)24-8-10-25(11-9-24)18-15-7-12-28-20(15)22-13-21-18/h3-7,12-14H,8-11H2,1-2H3,(H,23,26). The van der Waals surface area contributed by atoms with E-state index >= 15 is 0 Å². The number of fused-ring (bicyclic) bond motifs is 1. The number of thioether (sulfide) groups is 1. The van der Waals surface area contributed by atoms with Gasteiger partial charge in [-0.1, -0.05) is 12.1 Å². The van der Waals surface area contributed by atoms with Crippen molar-refractivity contribution in [1.29, 1.82) is 0 Å². The summed E-state index contributed by atoms with van der Waals surface area (Å²) in [6.07, 6.45) is 3.66. The van der Waals surface area contributed by atoms with E-state index in [0.29, 0.717) is 0 Å². The topological polar surface area (TPSA) is 61.4 Å². The second-order valence-electron chi connectivity index (χ2n) is 6.73. The van der Waals surface area contributed by atoms with Gasteiger partial charge in [-0.2, -0.15) is 0 Å². The van der Waals surface area contributed by atoms with Gasteiger partial charge in [0.25, 0.3) is 0 Å². The monoisotopic (exact) mass is 413 g/mol. The van der Waals surface area contributed by atoms with E-state index in [1.807, 2.05) is 37.4 Å². The van der Waals surface area contributed by atoms with Gasteiger partial charge in [0.2, 0.25) is 5.91 Å². The highest BCUT2D eigenvalue weighted by Gasteiger charge is 2.27. The molecule has 1 aliphatic heterocycles. The minimum absolute atomic E-state index is 0.0391. The number of carbonyl (C=O) groups is 1. The molecule has 0 saturated carbocycles. The molecule has 0 aliphatic carbocycles. The predicted molar refractivity (Wildman–Crippen MR) is 118 cm³/mol. The number of amides is 1. The van der Waals surface area contributed by atoms with Crippen LogP contribution in [-0.2, 0) is 4.79 Å². The second-order valence-corrected chi connectivity index (χ2v) is 8.47. The molecular weight excluding hydrogens is 390 g/mol. The van der Waals surface area contributed by atoms with Crippen LogP contribution < -0.4 is 10.2 Å². The maximum Gasteiger partial charge on any atom is 0.241 e. The molecule has 1 N–H and O–H groups in total. The summed E-state index contributed by atoms with van der Waals surface area (Å²) in [5.74, 6) is 1.04. The molecule has 1 fully saturated rings. The van der Waals surface area contributed by atoms with Crippen LogP contribution in [0.4, 0.5) is 11.5 Å². The lowest BCUT2D eigenvalue weighted by Gasteiger charge is -2.38. The molecule has 3 heterocycles. The van der Waals surface area contributed by atoms with Gasteiger partial charge in [0.15, 0.2) is 0 Å². The van der Waals surface area contributed by atoms with Crippen LogP contribution >= 0.6 is 23.1 Å². The highest BCUT2D eigenvalue weighted by atomic mass is 32.2. The summed E-state index contributed by atoms with van der Waals surface area (Å²) in [5, 5.41) is 6.25. The number of nitrogens with zero attached hydrogens (tertiary/aromatic N) is 4. The zero-order valence-corrected chi connectivity index (χ0v) is 17.6. The van der Waals surface area contributed by atoms with E-state index < -0.39 is 0 Å². The number of piperazine rings is 1. The van der Waals surface area contributed by atoms with Gasteiger partial charge in [0.05, 0.1) is 17.1 Å². The lowest BCUT2D eigenvalue weighted by atomic mass is 10.2. The molecule has 1 atom stereocenters. The van der Waals surface area contributed by atoms with Crippen molar-refractivity contribution in [2.24, 2.45) is 0 Å². The average Bonchev–Trinajstić information content (AvgIpc) is 3.22. The maximum absolute atomic E-state index is 12.8. The minimum atomic E-state index is -0.177. The third kappa shape index (κ3) is 3.85. The Labute approximate surface area is 173 Å². The third-order valence-electron chi connectivity index (χ3n) is 5.15. The highest BCUT2D eigenvalue weighted by molar-refractivity contribution is 7.98. The first-order valence-electron chi connectivity index (χ1n) is 9.28. The predicted octanol–water partition coefficient (Wildman–Crippen LogP) is 3.56. The van der Waals surface area contributed by atoms with E-state index in [0.717, 1.165) is 52.8 Å². The van der Waals surface area contributed by atoms with Crippen molar-refractivity contribution in [3.05, 3.63) is 42.0 Å². The number of rotatable bonds is 5. The van der Waals surface area contributed by atoms with Crippen molar-refractivity contribution in [2.75, 3.05) is 42.7 Å². The van der Waals surface area contributed by atoms with Crippen LogP contribution in [0.15, 0.2) is 46.9 Å². The van der Waals surface area contributed by atoms with Crippen molar-refractivity contribution in [3.8, 4) is 0 Å². The molecule has 146 valence electrons. The van der Waals surface area contributed by atoms with E-state index in [1.165, 1.54) is 0 Å². The highest BCUT2D eigenvalue weighted by Crippen LogP contribution is 2.28. The Balaban J connectivity index is 1.39. The van der Waals surface area contributed by atoms with Crippen LogP contribution in [-0.4, -0.2) is 59.3 Å². The molecule has 8 heteroatoms. The zero-order chi connectivity index (χ0) is 19.5. The smallest absolute Gasteiger partial charge is 0.241 e. The lowest BCUT2D eigenvalue weighted by molar-refractivity contribution is -0.120. The Morgan fingerprint density at radius 2 is 1.96 bits per heavy atom. The number of aromatic nitrogens is 2. The summed E-state index contributed by atoms with van der Waals surface area (Å²) < 4.78 is 0. The molecule has 2 aromatic heterocycles. The molecule has 1 amide bonds. The molecule has 28 heavy (non-hydrogen) atoms. The van der Waals surface area contributed by atoms with E-state index in [4.69, 9.17) is 0 Å². The van der Waals surface area contributed by atoms with Crippen LogP contribution in [0.5, 0.6) is 0 Å². The summed E-state index contributed by atoms with van der Waals surface area (Å²) in [4.78, 5) is 28.2. The molecule has 1 unspecified atom stereocenters. The van der Waals surface area contributed by atoms with Crippen molar-refractivity contribution in [3.63, 3.8) is 0 Å². The number of carbonyl (C=O) groups excluding carboxylic acids is 1. The first-order chi connectivity index (χ1) is 13.7. The van der Waals surface area contributed by atoms with Crippen molar-refractivity contribution in [2.45, 2.75) is 17.9 Å². The Kier molecular flexibility index (Phi) is 5.79. The average molecular weight is 414 g/mol. The van der Waals surface area contributed by atoms with Gasteiger partial charge >= 0.3 is 0 Å². The number of hydrogen-bond donors (Lipinski definition) is 1. The number of anilines is 2. The SMILES string of the molecule is CSc1ccccc1NC(=O)C(C)N1CCN(c2ncnc3sccc23)CC1. The molecule has 6 nitrogen and oxygen atoms in total. The lowest BCUT2D eigenvalue weighted by Crippen LogP contribution is -2.53. The molecule has 1 aliphatic rings. The number of thiophene rings is 1. The van der Waals surface area contributed by atoms with Crippen LogP contribution in [0.25, 0.3) is 10.2 Å². The van der Waals surface area contributed by atoms with E-state index in [-0.39, 0.29) is 11.9 Å². The van der Waals surface area contributed by atoms with Gasteiger partial charge < -0.3 is 10.2 Å². The number of para-hydroxylation sites is 1. The quantitative estimate of drug-likeness (QED) is 0.646. The number of hydrogen-bond acceptors (Lipinski definition) is 7. The first kappa shape index (κ1) is 19.2. The summed E-state index contributed by atoms with van der Waals surface area (Å²) in [6.45, 7) is 5.33. The molecule has 1 saturated heterocycles. The van der Waals surface area contributed by atoms with Crippen molar-refractivity contribution in [1.82, 2.24) is 14.9 Å². The first-order valence-corrected chi connectivity index (χ1v) is 11.4. The Morgan fingerprint density at radius 3 is 2.75 bits per heavy atom. The summed E-state index contributed by atoms with van der Waals surface area (Å²) in [5.41, 5.74) is 0.881. The fourth-order valence-corrected chi connectivity index (χ4v) is 4.78. The zero-order valence-electron chi connectivity index (χ0n) is 16.0. The van der Waals surface area contributed by atoms with Gasteiger partial charge in [-0.3, -0.25) is 9.69 Å².